The second-order valence-corrected chi connectivity index (χ2v) is 7.60. The molecule has 1 unspecified atom stereocenters. The summed E-state index contributed by atoms with van der Waals surface area (Å²) in [5.41, 5.74) is 5.76. The third-order valence-corrected chi connectivity index (χ3v) is 5.32. The van der Waals surface area contributed by atoms with Gasteiger partial charge in [0, 0.05) is 10.6 Å². The van der Waals surface area contributed by atoms with Crippen molar-refractivity contribution in [1.82, 2.24) is 25.1 Å². The van der Waals surface area contributed by atoms with E-state index >= 15 is 0 Å². The lowest BCUT2D eigenvalue weighted by Gasteiger charge is -2.25. The van der Waals surface area contributed by atoms with E-state index in [0.717, 1.165) is 11.3 Å². The molecule has 4 aromatic rings. The van der Waals surface area contributed by atoms with Crippen LogP contribution in [-0.2, 0) is 17.9 Å². The quantitative estimate of drug-likeness (QED) is 0.496. The molecule has 1 aliphatic rings. The number of aryl methyl sites for hydroxylation is 2. The number of hydrogen-bond acceptors (Lipinski definition) is 6. The zero-order chi connectivity index (χ0) is 20.0. The molecule has 0 radical (unpaired) electrons. The maximum absolute atomic E-state index is 6.13. The topological polar surface area (TPSA) is 78.9 Å². The number of nitrogens with zero attached hydrogens (tertiary/aromatic N) is 5. The van der Waals surface area contributed by atoms with E-state index in [0.29, 0.717) is 35.6 Å². The van der Waals surface area contributed by atoms with Gasteiger partial charge in [-0.1, -0.05) is 57.9 Å². The van der Waals surface area contributed by atoms with E-state index in [9.17, 15) is 0 Å². The van der Waals surface area contributed by atoms with Crippen LogP contribution in [0, 0.1) is 13.8 Å². The minimum absolute atomic E-state index is 0.0673. The Kier molecular flexibility index (Phi) is 4.41. The smallest absolute Gasteiger partial charge is 0.280 e. The second kappa shape index (κ2) is 7.09. The van der Waals surface area contributed by atoms with Gasteiger partial charge in [-0.15, -0.1) is 5.10 Å². The van der Waals surface area contributed by atoms with Gasteiger partial charge >= 0.3 is 0 Å². The summed E-state index contributed by atoms with van der Waals surface area (Å²) in [7, 11) is 0. The predicted molar refractivity (Wildman–Crippen MR) is 107 cm³/mol. The van der Waals surface area contributed by atoms with Crippen LogP contribution in [0.2, 0.25) is 5.02 Å². The van der Waals surface area contributed by atoms with E-state index in [2.05, 4.69) is 52.5 Å². The third kappa shape index (κ3) is 3.32. The average molecular weight is 408 g/mol. The van der Waals surface area contributed by atoms with E-state index in [4.69, 9.17) is 20.9 Å². The predicted octanol–water partition coefficient (Wildman–Crippen LogP) is 4.54. The summed E-state index contributed by atoms with van der Waals surface area (Å²) >= 11 is 6.05. The highest BCUT2D eigenvalue weighted by atomic mass is 35.5. The largest absolute Gasteiger partial charge is 0.365 e. The first kappa shape index (κ1) is 18.0. The fraction of sp³-hybridized carbons (Fsp3) is 0.238. The van der Waals surface area contributed by atoms with Crippen LogP contribution in [0.25, 0.3) is 23.0 Å². The van der Waals surface area contributed by atoms with E-state index in [1.807, 2.05) is 16.8 Å². The molecular weight excluding hydrogens is 390 g/mol. The van der Waals surface area contributed by atoms with Gasteiger partial charge in [-0.2, -0.15) is 4.98 Å². The van der Waals surface area contributed by atoms with Crippen molar-refractivity contribution in [2.75, 3.05) is 0 Å². The number of benzene rings is 2. The van der Waals surface area contributed by atoms with E-state index < -0.39 is 0 Å². The lowest BCUT2D eigenvalue weighted by molar-refractivity contribution is -0.00153. The number of halogens is 1. The van der Waals surface area contributed by atoms with Gasteiger partial charge in [0.15, 0.2) is 5.69 Å². The monoisotopic (exact) mass is 407 g/mol. The molecule has 2 aromatic heterocycles. The Balaban J connectivity index is 1.42. The summed E-state index contributed by atoms with van der Waals surface area (Å²) in [6, 6.07) is 13.7. The SMILES string of the molecule is Cc1ccc(C2Cn3nnc(-c4nc(-c5cccc(Cl)c5)no4)c3CO2)c(C)c1. The van der Waals surface area contributed by atoms with Crippen LogP contribution in [0.15, 0.2) is 47.0 Å². The molecule has 29 heavy (non-hydrogen) atoms. The number of ether oxygens (including phenoxy) is 1. The van der Waals surface area contributed by atoms with E-state index in [1.165, 1.54) is 16.7 Å². The molecule has 1 atom stereocenters. The zero-order valence-corrected chi connectivity index (χ0v) is 16.7. The molecule has 5 rings (SSSR count). The molecule has 0 N–H and O–H groups in total. The molecule has 1 aliphatic heterocycles. The van der Waals surface area contributed by atoms with Crippen LogP contribution in [0.3, 0.4) is 0 Å². The Hall–Kier alpha value is -3.03. The molecule has 0 amide bonds. The highest BCUT2D eigenvalue weighted by Gasteiger charge is 2.28. The van der Waals surface area contributed by atoms with Crippen LogP contribution in [0.4, 0.5) is 0 Å². The van der Waals surface area contributed by atoms with Crippen molar-refractivity contribution >= 4 is 11.6 Å². The Morgan fingerprint density at radius 3 is 2.86 bits per heavy atom. The lowest BCUT2D eigenvalue weighted by Crippen LogP contribution is -2.22. The minimum Gasteiger partial charge on any atom is -0.365 e. The number of hydrogen-bond donors (Lipinski definition) is 0. The Bertz CT molecular complexity index is 1200. The summed E-state index contributed by atoms with van der Waals surface area (Å²) in [5, 5.41) is 13.2. The molecule has 0 aliphatic carbocycles. The van der Waals surface area contributed by atoms with Crippen LogP contribution in [0.1, 0.15) is 28.5 Å². The van der Waals surface area contributed by atoms with Gasteiger partial charge in [0.1, 0.15) is 6.10 Å². The van der Waals surface area contributed by atoms with Crippen LogP contribution in [-0.4, -0.2) is 25.1 Å². The average Bonchev–Trinajstić information content (AvgIpc) is 3.34. The molecule has 8 heteroatoms. The summed E-state index contributed by atoms with van der Waals surface area (Å²) in [6.07, 6.45) is -0.0673. The van der Waals surface area contributed by atoms with Crippen LogP contribution < -0.4 is 0 Å². The standard InChI is InChI=1S/C21H18ClN5O2/c1-12-6-7-16(13(2)8-12)18-10-27-17(11-28-18)19(24-26-27)21-23-20(25-29-21)14-4-3-5-15(22)9-14/h3-9,18H,10-11H2,1-2H3. The Morgan fingerprint density at radius 1 is 1.14 bits per heavy atom. The van der Waals surface area contributed by atoms with Crippen molar-refractivity contribution < 1.29 is 9.26 Å². The molecule has 0 saturated heterocycles. The van der Waals surface area contributed by atoms with Crippen LogP contribution in [0.5, 0.6) is 0 Å². The summed E-state index contributed by atoms with van der Waals surface area (Å²) in [6.45, 7) is 5.14. The summed E-state index contributed by atoms with van der Waals surface area (Å²) < 4.78 is 13.4. The van der Waals surface area contributed by atoms with Gasteiger partial charge in [0.05, 0.1) is 18.8 Å². The molecule has 0 saturated carbocycles. The van der Waals surface area contributed by atoms with E-state index in [1.54, 1.807) is 12.1 Å². The molecule has 7 nitrogen and oxygen atoms in total. The first-order valence-electron chi connectivity index (χ1n) is 9.29. The summed E-state index contributed by atoms with van der Waals surface area (Å²) in [5.74, 6) is 0.768. The van der Waals surface area contributed by atoms with Crippen molar-refractivity contribution in [3.8, 4) is 23.0 Å². The molecule has 0 spiro atoms. The normalized spacial score (nSPS) is 16.0. The molecule has 146 valence electrons. The first-order valence-corrected chi connectivity index (χ1v) is 9.67. The van der Waals surface area contributed by atoms with Crippen LogP contribution >= 0.6 is 11.6 Å². The molecule has 0 bridgehead atoms. The highest BCUT2D eigenvalue weighted by molar-refractivity contribution is 6.30. The van der Waals surface area contributed by atoms with E-state index in [-0.39, 0.29) is 6.10 Å². The Labute approximate surface area is 172 Å². The van der Waals surface area contributed by atoms with Crippen molar-refractivity contribution in [2.24, 2.45) is 0 Å². The fourth-order valence-corrected chi connectivity index (χ4v) is 3.81. The molecule has 0 fully saturated rings. The van der Waals surface area contributed by atoms with Crippen molar-refractivity contribution in [1.29, 1.82) is 0 Å². The van der Waals surface area contributed by atoms with Gasteiger partial charge in [0.25, 0.3) is 5.89 Å². The molecular formula is C21H18ClN5O2. The van der Waals surface area contributed by atoms with Gasteiger partial charge in [0.2, 0.25) is 5.82 Å². The Morgan fingerprint density at radius 2 is 2.03 bits per heavy atom. The maximum atomic E-state index is 6.13. The fourth-order valence-electron chi connectivity index (χ4n) is 3.62. The summed E-state index contributed by atoms with van der Waals surface area (Å²) in [4.78, 5) is 4.47. The number of rotatable bonds is 3. The first-order chi connectivity index (χ1) is 14.1. The van der Waals surface area contributed by atoms with Crippen molar-refractivity contribution in [3.63, 3.8) is 0 Å². The number of fused-ring (bicyclic) bond motifs is 1. The van der Waals surface area contributed by atoms with Crippen molar-refractivity contribution in [3.05, 3.63) is 69.9 Å². The second-order valence-electron chi connectivity index (χ2n) is 7.16. The minimum atomic E-state index is -0.0673. The van der Waals surface area contributed by atoms with Gasteiger partial charge in [-0.05, 0) is 37.1 Å². The number of aromatic nitrogens is 5. The molecule has 2 aromatic carbocycles. The van der Waals surface area contributed by atoms with Gasteiger partial charge in [-0.3, -0.25) is 0 Å². The highest BCUT2D eigenvalue weighted by Crippen LogP contribution is 2.32. The van der Waals surface area contributed by atoms with Gasteiger partial charge < -0.3 is 9.26 Å². The van der Waals surface area contributed by atoms with Crippen molar-refractivity contribution in [2.45, 2.75) is 33.1 Å². The maximum Gasteiger partial charge on any atom is 0.280 e. The molecule has 3 heterocycles. The third-order valence-electron chi connectivity index (χ3n) is 5.08. The lowest BCUT2D eigenvalue weighted by atomic mass is 10.0. The zero-order valence-electron chi connectivity index (χ0n) is 16.0. The van der Waals surface area contributed by atoms with Gasteiger partial charge in [-0.25, -0.2) is 4.68 Å².